The topological polar surface area (TPSA) is 26.0 Å². The lowest BCUT2D eigenvalue weighted by Gasteiger charge is -2.10. The van der Waals surface area contributed by atoms with Crippen molar-refractivity contribution in [3.8, 4) is 0 Å². The van der Waals surface area contributed by atoms with E-state index in [0.29, 0.717) is 12.0 Å². The molecule has 4 heteroatoms. The molecular weight excluding hydrogens is 228 g/mol. The maximum absolute atomic E-state index is 13.4. The summed E-state index contributed by atoms with van der Waals surface area (Å²) in [7, 11) is 0. The van der Waals surface area contributed by atoms with Crippen molar-refractivity contribution in [2.24, 2.45) is 5.73 Å². The van der Waals surface area contributed by atoms with Crippen molar-refractivity contribution >= 4 is 11.3 Å². The average molecular weight is 239 g/mol. The Hall–Kier alpha value is -1.26. The number of benzene rings is 1. The third-order valence-electron chi connectivity index (χ3n) is 2.44. The van der Waals surface area contributed by atoms with Crippen LogP contribution in [-0.2, 0) is 6.42 Å². The quantitative estimate of drug-likeness (QED) is 0.874. The van der Waals surface area contributed by atoms with Gasteiger partial charge in [0.25, 0.3) is 0 Å². The largest absolute Gasteiger partial charge is 0.324 e. The Balaban J connectivity index is 2.18. The minimum atomic E-state index is -0.824. The van der Waals surface area contributed by atoms with Crippen LogP contribution in [0.4, 0.5) is 8.78 Å². The van der Waals surface area contributed by atoms with E-state index in [1.807, 2.05) is 16.8 Å². The van der Waals surface area contributed by atoms with Crippen molar-refractivity contribution in [2.45, 2.75) is 12.5 Å². The van der Waals surface area contributed by atoms with Crippen molar-refractivity contribution in [1.82, 2.24) is 0 Å². The van der Waals surface area contributed by atoms with Gasteiger partial charge >= 0.3 is 0 Å². The third-order valence-corrected chi connectivity index (χ3v) is 3.14. The Kier molecular flexibility index (Phi) is 3.31. The van der Waals surface area contributed by atoms with Crippen LogP contribution in [0.3, 0.4) is 0 Å². The minimum absolute atomic E-state index is 0.289. The first kappa shape index (κ1) is 11.2. The lowest BCUT2D eigenvalue weighted by atomic mass is 10.0. The number of thiophene rings is 1. The SMILES string of the molecule is NC(Cc1cccc(F)c1F)c1ccsc1. The number of hydrogen-bond acceptors (Lipinski definition) is 2. The highest BCUT2D eigenvalue weighted by Crippen LogP contribution is 2.21. The van der Waals surface area contributed by atoms with Crippen molar-refractivity contribution in [3.05, 3.63) is 57.8 Å². The van der Waals surface area contributed by atoms with Crippen molar-refractivity contribution in [2.75, 3.05) is 0 Å². The van der Waals surface area contributed by atoms with E-state index in [4.69, 9.17) is 5.73 Å². The molecule has 1 heterocycles. The number of hydrogen-bond donors (Lipinski definition) is 1. The molecule has 1 aromatic carbocycles. The van der Waals surface area contributed by atoms with Crippen LogP contribution < -0.4 is 5.73 Å². The van der Waals surface area contributed by atoms with Crippen LogP contribution in [0.2, 0.25) is 0 Å². The molecule has 16 heavy (non-hydrogen) atoms. The van der Waals surface area contributed by atoms with Crippen molar-refractivity contribution in [1.29, 1.82) is 0 Å². The highest BCUT2D eigenvalue weighted by Gasteiger charge is 2.12. The van der Waals surface area contributed by atoms with Gasteiger partial charge in [-0.05, 0) is 40.4 Å². The summed E-state index contributed by atoms with van der Waals surface area (Å²) < 4.78 is 26.3. The van der Waals surface area contributed by atoms with Gasteiger partial charge in [-0.2, -0.15) is 11.3 Å². The van der Waals surface area contributed by atoms with Gasteiger partial charge in [0.2, 0.25) is 0 Å². The van der Waals surface area contributed by atoms with Gasteiger partial charge in [0.15, 0.2) is 11.6 Å². The van der Waals surface area contributed by atoms with Gasteiger partial charge < -0.3 is 5.73 Å². The zero-order chi connectivity index (χ0) is 11.5. The average Bonchev–Trinajstić information content (AvgIpc) is 2.78. The fourth-order valence-corrected chi connectivity index (χ4v) is 2.27. The summed E-state index contributed by atoms with van der Waals surface area (Å²) in [4.78, 5) is 0. The fourth-order valence-electron chi connectivity index (χ4n) is 1.55. The maximum Gasteiger partial charge on any atom is 0.162 e. The molecule has 1 atom stereocenters. The van der Waals surface area contributed by atoms with E-state index in [-0.39, 0.29) is 6.04 Å². The van der Waals surface area contributed by atoms with E-state index in [1.54, 1.807) is 6.07 Å². The maximum atomic E-state index is 13.4. The van der Waals surface area contributed by atoms with Crippen molar-refractivity contribution < 1.29 is 8.78 Å². The zero-order valence-corrected chi connectivity index (χ0v) is 9.31. The molecule has 84 valence electrons. The van der Waals surface area contributed by atoms with Crippen LogP contribution in [0, 0.1) is 11.6 Å². The molecular formula is C12H11F2NS. The van der Waals surface area contributed by atoms with Crippen LogP contribution >= 0.6 is 11.3 Å². The van der Waals surface area contributed by atoms with Crippen LogP contribution in [0.1, 0.15) is 17.2 Å². The molecule has 0 amide bonds. The first-order valence-corrected chi connectivity index (χ1v) is 5.83. The molecule has 2 rings (SSSR count). The van der Waals surface area contributed by atoms with E-state index >= 15 is 0 Å². The molecule has 1 nitrogen and oxygen atoms in total. The molecule has 0 bridgehead atoms. The second kappa shape index (κ2) is 4.72. The van der Waals surface area contributed by atoms with Gasteiger partial charge in [0, 0.05) is 6.04 Å². The Morgan fingerprint density at radius 1 is 1.25 bits per heavy atom. The molecule has 2 aromatic rings. The van der Waals surface area contributed by atoms with Gasteiger partial charge in [-0.3, -0.25) is 0 Å². The number of nitrogens with two attached hydrogens (primary N) is 1. The molecule has 2 N–H and O–H groups in total. The highest BCUT2D eigenvalue weighted by molar-refractivity contribution is 7.07. The van der Waals surface area contributed by atoms with Crippen LogP contribution in [0.25, 0.3) is 0 Å². The highest BCUT2D eigenvalue weighted by atomic mass is 32.1. The van der Waals surface area contributed by atoms with Gasteiger partial charge in [-0.15, -0.1) is 0 Å². The smallest absolute Gasteiger partial charge is 0.162 e. The second-order valence-corrected chi connectivity index (χ2v) is 4.36. The predicted octanol–water partition coefficient (Wildman–Crippen LogP) is 3.27. The summed E-state index contributed by atoms with van der Waals surface area (Å²) in [6.45, 7) is 0. The van der Waals surface area contributed by atoms with Gasteiger partial charge in [-0.25, -0.2) is 8.78 Å². The lowest BCUT2D eigenvalue weighted by molar-refractivity contribution is 0.494. The first-order chi connectivity index (χ1) is 7.68. The standard InChI is InChI=1S/C12H11F2NS/c13-10-3-1-2-8(12(10)14)6-11(15)9-4-5-16-7-9/h1-5,7,11H,6,15H2. The molecule has 1 aromatic heterocycles. The van der Waals surface area contributed by atoms with Crippen LogP contribution in [0.15, 0.2) is 35.0 Å². The molecule has 0 aliphatic rings. The summed E-state index contributed by atoms with van der Waals surface area (Å²) in [6.07, 6.45) is 0.306. The molecule has 0 aliphatic carbocycles. The Morgan fingerprint density at radius 3 is 2.75 bits per heavy atom. The molecule has 0 saturated heterocycles. The Bertz CT molecular complexity index is 468. The summed E-state index contributed by atoms with van der Waals surface area (Å²) in [5.74, 6) is -1.62. The second-order valence-electron chi connectivity index (χ2n) is 3.58. The predicted molar refractivity (Wildman–Crippen MR) is 61.3 cm³/mol. The lowest BCUT2D eigenvalue weighted by Crippen LogP contribution is -2.13. The molecule has 1 unspecified atom stereocenters. The number of halogens is 2. The minimum Gasteiger partial charge on any atom is -0.324 e. The van der Waals surface area contributed by atoms with E-state index in [0.717, 1.165) is 11.6 Å². The van der Waals surface area contributed by atoms with Crippen LogP contribution in [-0.4, -0.2) is 0 Å². The van der Waals surface area contributed by atoms with Gasteiger partial charge in [0.05, 0.1) is 0 Å². The third kappa shape index (κ3) is 2.28. The van der Waals surface area contributed by atoms with Crippen molar-refractivity contribution in [3.63, 3.8) is 0 Å². The Morgan fingerprint density at radius 2 is 2.06 bits per heavy atom. The van der Waals surface area contributed by atoms with Crippen LogP contribution in [0.5, 0.6) is 0 Å². The molecule has 0 saturated carbocycles. The first-order valence-electron chi connectivity index (χ1n) is 4.89. The normalized spacial score (nSPS) is 12.7. The van der Waals surface area contributed by atoms with E-state index < -0.39 is 11.6 Å². The fraction of sp³-hybridized carbons (Fsp3) is 0.167. The Labute approximate surface area is 96.5 Å². The molecule has 0 fully saturated rings. The summed E-state index contributed by atoms with van der Waals surface area (Å²) >= 11 is 1.54. The zero-order valence-electron chi connectivity index (χ0n) is 8.49. The molecule has 0 radical (unpaired) electrons. The summed E-state index contributed by atoms with van der Waals surface area (Å²) in [6, 6.07) is 5.77. The van der Waals surface area contributed by atoms with Gasteiger partial charge in [0.1, 0.15) is 0 Å². The van der Waals surface area contributed by atoms with E-state index in [2.05, 4.69) is 0 Å². The van der Waals surface area contributed by atoms with E-state index in [9.17, 15) is 8.78 Å². The monoisotopic (exact) mass is 239 g/mol. The molecule has 0 aliphatic heterocycles. The number of rotatable bonds is 3. The van der Waals surface area contributed by atoms with E-state index in [1.165, 1.54) is 17.4 Å². The summed E-state index contributed by atoms with van der Waals surface area (Å²) in [5.41, 5.74) is 7.18. The summed E-state index contributed by atoms with van der Waals surface area (Å²) in [5, 5.41) is 3.83. The van der Waals surface area contributed by atoms with Gasteiger partial charge in [-0.1, -0.05) is 12.1 Å². The molecule has 0 spiro atoms.